The minimum Gasteiger partial charge on any atom is -0.391 e. The minimum absolute atomic E-state index is 0. The monoisotopic (exact) mass is 362 g/mol. The van der Waals surface area contributed by atoms with Crippen LogP contribution in [-0.4, -0.2) is 32.1 Å². The van der Waals surface area contributed by atoms with Crippen molar-refractivity contribution in [2.24, 2.45) is 0 Å². The van der Waals surface area contributed by atoms with Gasteiger partial charge in [-0.1, -0.05) is 0 Å². The second-order valence-electron chi connectivity index (χ2n) is 6.51. The Labute approximate surface area is 135 Å². The smallest absolute Gasteiger partial charge is 0.0563 e. The second kappa shape index (κ2) is 10.2. The van der Waals surface area contributed by atoms with E-state index in [1.165, 1.54) is 0 Å². The van der Waals surface area contributed by atoms with E-state index in [2.05, 4.69) is 0 Å². The van der Waals surface area contributed by atoms with E-state index in [4.69, 9.17) is 15.3 Å². The molecule has 0 saturated heterocycles. The van der Waals surface area contributed by atoms with Gasteiger partial charge in [-0.05, 0) is 62.3 Å². The van der Waals surface area contributed by atoms with Gasteiger partial charge in [0.15, 0.2) is 0 Å². The summed E-state index contributed by atoms with van der Waals surface area (Å²) >= 11 is 0. The molecule has 0 unspecified atom stereocenters. The van der Waals surface area contributed by atoms with Crippen LogP contribution in [0.5, 0.6) is 0 Å². The van der Waals surface area contributed by atoms with Gasteiger partial charge in [-0.25, -0.2) is 0 Å². The van der Waals surface area contributed by atoms with Crippen LogP contribution in [0.2, 0.25) is 0 Å². The SMILES string of the molecule is CC(C)(C)O.CC(C)(C)O.CC(C)(C)O.[Ce]. The van der Waals surface area contributed by atoms with Gasteiger partial charge in [-0.3, -0.25) is 0 Å². The number of hydrogen-bond acceptors (Lipinski definition) is 3. The van der Waals surface area contributed by atoms with Crippen molar-refractivity contribution in [1.29, 1.82) is 0 Å². The van der Waals surface area contributed by atoms with Crippen LogP contribution in [0.15, 0.2) is 0 Å². The number of aliphatic hydroxyl groups is 3. The van der Waals surface area contributed by atoms with E-state index in [0.29, 0.717) is 0 Å². The van der Waals surface area contributed by atoms with E-state index < -0.39 is 16.8 Å². The molecule has 0 saturated carbocycles. The second-order valence-corrected chi connectivity index (χ2v) is 6.51. The molecule has 3 nitrogen and oxygen atoms in total. The summed E-state index contributed by atoms with van der Waals surface area (Å²) in [5, 5.41) is 25.6. The molecule has 0 atom stereocenters. The molecule has 3 N–H and O–H groups in total. The van der Waals surface area contributed by atoms with Crippen LogP contribution in [0.3, 0.4) is 0 Å². The molecule has 0 heterocycles. The molecule has 0 aromatic rings. The molecule has 0 aromatic heterocycles. The first-order chi connectivity index (χ1) is 6.00. The molecular formula is C12H30CeO3. The normalized spacial score (nSPS) is 11.2. The molecule has 0 fully saturated rings. The third-order valence-electron chi connectivity index (χ3n) is 0. The zero-order chi connectivity index (χ0) is 13.5. The van der Waals surface area contributed by atoms with E-state index in [9.17, 15) is 0 Å². The average molecular weight is 362 g/mol. The maximum Gasteiger partial charge on any atom is 0.0563 e. The largest absolute Gasteiger partial charge is 0.391 e. The Kier molecular flexibility index (Phi) is 16.6. The van der Waals surface area contributed by atoms with Crippen LogP contribution < -0.4 is 0 Å². The molecule has 0 aliphatic carbocycles. The van der Waals surface area contributed by atoms with Crippen molar-refractivity contribution >= 4 is 0 Å². The third-order valence-corrected chi connectivity index (χ3v) is 0. The van der Waals surface area contributed by atoms with Crippen molar-refractivity contribution < 1.29 is 57.1 Å². The molecule has 0 spiro atoms. The summed E-state index contributed by atoms with van der Waals surface area (Å²) < 4.78 is 0. The van der Waals surface area contributed by atoms with Crippen LogP contribution in [0, 0.1) is 41.7 Å². The van der Waals surface area contributed by atoms with E-state index in [1.807, 2.05) is 0 Å². The first-order valence-corrected chi connectivity index (χ1v) is 5.17. The summed E-state index contributed by atoms with van der Waals surface area (Å²) in [7, 11) is 0. The predicted molar refractivity (Wildman–Crippen MR) is 65.9 cm³/mol. The van der Waals surface area contributed by atoms with Crippen molar-refractivity contribution in [2.45, 2.75) is 79.1 Å². The van der Waals surface area contributed by atoms with E-state index >= 15 is 0 Å². The van der Waals surface area contributed by atoms with Gasteiger partial charge in [0.2, 0.25) is 0 Å². The molecule has 100 valence electrons. The first kappa shape index (κ1) is 26.0. The topological polar surface area (TPSA) is 60.7 Å². The van der Waals surface area contributed by atoms with Gasteiger partial charge in [0.25, 0.3) is 0 Å². The fourth-order valence-electron chi connectivity index (χ4n) is 0. The predicted octanol–water partition coefficient (Wildman–Crippen LogP) is 2.33. The molecule has 0 bridgehead atoms. The van der Waals surface area contributed by atoms with E-state index in [-0.39, 0.29) is 41.7 Å². The molecule has 4 heteroatoms. The summed E-state index contributed by atoms with van der Waals surface area (Å²) in [4.78, 5) is 0. The Morgan fingerprint density at radius 2 is 0.438 bits per heavy atom. The van der Waals surface area contributed by atoms with Crippen LogP contribution in [0.4, 0.5) is 0 Å². The van der Waals surface area contributed by atoms with Crippen molar-refractivity contribution in [1.82, 2.24) is 0 Å². The Balaban J connectivity index is -0.0000000655. The maximum absolute atomic E-state index is 8.52. The zero-order valence-electron chi connectivity index (χ0n) is 12.3. The van der Waals surface area contributed by atoms with E-state index in [1.54, 1.807) is 62.3 Å². The van der Waals surface area contributed by atoms with Gasteiger partial charge in [-0.2, -0.15) is 0 Å². The summed E-state index contributed by atoms with van der Waals surface area (Å²) in [5.41, 5.74) is -1.50. The Bertz CT molecular complexity index is 91.3. The van der Waals surface area contributed by atoms with Crippen LogP contribution in [0.1, 0.15) is 62.3 Å². The molecule has 16 heavy (non-hydrogen) atoms. The third kappa shape index (κ3) is 1960. The van der Waals surface area contributed by atoms with Gasteiger partial charge >= 0.3 is 0 Å². The van der Waals surface area contributed by atoms with Gasteiger partial charge in [0.05, 0.1) is 16.8 Å². The van der Waals surface area contributed by atoms with E-state index in [0.717, 1.165) is 0 Å². The Hall–Kier alpha value is 1.26. The summed E-state index contributed by atoms with van der Waals surface area (Å²) in [6.07, 6.45) is 0. The molecule has 0 aliphatic rings. The number of rotatable bonds is 0. The van der Waals surface area contributed by atoms with Crippen LogP contribution in [0.25, 0.3) is 0 Å². The van der Waals surface area contributed by atoms with Crippen molar-refractivity contribution in [3.8, 4) is 0 Å². The molecule has 0 aliphatic heterocycles. The van der Waals surface area contributed by atoms with Gasteiger partial charge < -0.3 is 15.3 Å². The fraction of sp³-hybridized carbons (Fsp3) is 1.00. The molecule has 0 aromatic carbocycles. The molecular weight excluding hydrogens is 332 g/mol. The van der Waals surface area contributed by atoms with Gasteiger partial charge in [0, 0.05) is 41.7 Å². The van der Waals surface area contributed by atoms with Crippen molar-refractivity contribution in [2.75, 3.05) is 0 Å². The molecule has 0 rings (SSSR count). The Morgan fingerprint density at radius 3 is 0.438 bits per heavy atom. The minimum atomic E-state index is -0.500. The number of hydrogen-bond donors (Lipinski definition) is 3. The Morgan fingerprint density at radius 1 is 0.438 bits per heavy atom. The summed E-state index contributed by atoms with van der Waals surface area (Å²) in [6, 6.07) is 0. The van der Waals surface area contributed by atoms with Crippen LogP contribution >= 0.6 is 0 Å². The maximum atomic E-state index is 8.52. The quantitative estimate of drug-likeness (QED) is 0.620. The average Bonchev–Trinajstić information content (AvgIpc) is 1.41. The van der Waals surface area contributed by atoms with Crippen molar-refractivity contribution in [3.63, 3.8) is 0 Å². The first-order valence-electron chi connectivity index (χ1n) is 5.17. The zero-order valence-corrected chi connectivity index (χ0v) is 15.5. The summed E-state index contributed by atoms with van der Waals surface area (Å²) in [5.74, 6) is 0. The van der Waals surface area contributed by atoms with Crippen molar-refractivity contribution in [3.05, 3.63) is 0 Å². The molecule has 0 radical (unpaired) electrons. The van der Waals surface area contributed by atoms with Gasteiger partial charge in [-0.15, -0.1) is 0 Å². The van der Waals surface area contributed by atoms with Crippen LogP contribution in [-0.2, 0) is 0 Å². The van der Waals surface area contributed by atoms with Gasteiger partial charge in [0.1, 0.15) is 0 Å². The summed E-state index contributed by atoms with van der Waals surface area (Å²) in [6.45, 7) is 15.7. The fourth-order valence-corrected chi connectivity index (χ4v) is 0. The standard InChI is InChI=1S/3C4H10O.Ce/c3*1-4(2,3)5;/h3*5H,1-3H3;. The molecule has 0 amide bonds.